The maximum absolute atomic E-state index is 8.43. The van der Waals surface area contributed by atoms with Gasteiger partial charge in [0, 0.05) is 23.5 Å². The molecule has 94 valence electrons. The zero-order valence-electron chi connectivity index (χ0n) is 10.3. The minimum Gasteiger partial charge on any atom is -0.409 e. The highest BCUT2D eigenvalue weighted by molar-refractivity contribution is 8.00. The Morgan fingerprint density at radius 2 is 2.25 bits per heavy atom. The highest BCUT2D eigenvalue weighted by Gasteiger charge is 2.23. The van der Waals surface area contributed by atoms with Gasteiger partial charge in [-0.1, -0.05) is 19.0 Å². The lowest BCUT2D eigenvalue weighted by Crippen LogP contribution is -2.29. The van der Waals surface area contributed by atoms with Gasteiger partial charge in [-0.25, -0.2) is 0 Å². The molecule has 16 heavy (non-hydrogen) atoms. The van der Waals surface area contributed by atoms with E-state index >= 15 is 0 Å². The van der Waals surface area contributed by atoms with Gasteiger partial charge in [-0.3, -0.25) is 0 Å². The summed E-state index contributed by atoms with van der Waals surface area (Å²) in [5.74, 6) is 1.54. The maximum atomic E-state index is 8.43. The normalized spacial score (nSPS) is 23.0. The van der Waals surface area contributed by atoms with Crippen LogP contribution in [-0.2, 0) is 0 Å². The Labute approximate surface area is 102 Å². The summed E-state index contributed by atoms with van der Waals surface area (Å²) in [7, 11) is 0. The van der Waals surface area contributed by atoms with Crippen LogP contribution in [0.2, 0.25) is 0 Å². The molecule has 0 saturated carbocycles. The van der Waals surface area contributed by atoms with Crippen LogP contribution in [0.1, 0.15) is 33.1 Å². The van der Waals surface area contributed by atoms with Gasteiger partial charge in [0.25, 0.3) is 0 Å². The van der Waals surface area contributed by atoms with Gasteiger partial charge in [0.2, 0.25) is 0 Å². The highest BCUT2D eigenvalue weighted by atomic mass is 32.2. The van der Waals surface area contributed by atoms with E-state index in [1.165, 1.54) is 12.2 Å². The van der Waals surface area contributed by atoms with Gasteiger partial charge >= 0.3 is 0 Å². The summed E-state index contributed by atoms with van der Waals surface area (Å²) >= 11 is 2.06. The Hall–Kier alpha value is -0.420. The summed E-state index contributed by atoms with van der Waals surface area (Å²) < 4.78 is 0.417. The van der Waals surface area contributed by atoms with Gasteiger partial charge in [-0.2, -0.15) is 11.8 Å². The molecule has 1 rings (SSSR count). The quantitative estimate of drug-likeness (QED) is 0.343. The molecule has 5 heteroatoms. The molecule has 4 nitrogen and oxygen atoms in total. The SMILES string of the molecule is CC1(C)CCN(CCCC(N)=NO)CCS1. The molecule has 0 aromatic carbocycles. The summed E-state index contributed by atoms with van der Waals surface area (Å²) in [5, 5.41) is 11.4. The van der Waals surface area contributed by atoms with Crippen LogP contribution in [0, 0.1) is 0 Å². The summed E-state index contributed by atoms with van der Waals surface area (Å²) in [6, 6.07) is 0. The van der Waals surface area contributed by atoms with Crippen molar-refractivity contribution in [1.29, 1.82) is 0 Å². The van der Waals surface area contributed by atoms with Crippen LogP contribution in [0.5, 0.6) is 0 Å². The van der Waals surface area contributed by atoms with Gasteiger partial charge in [0.05, 0.1) is 0 Å². The van der Waals surface area contributed by atoms with Crippen molar-refractivity contribution in [3.05, 3.63) is 0 Å². The molecule has 1 aliphatic heterocycles. The Morgan fingerprint density at radius 1 is 1.50 bits per heavy atom. The van der Waals surface area contributed by atoms with E-state index in [-0.39, 0.29) is 0 Å². The van der Waals surface area contributed by atoms with Crippen LogP contribution in [0.4, 0.5) is 0 Å². The molecular formula is C11H23N3OS. The largest absolute Gasteiger partial charge is 0.409 e. The predicted octanol–water partition coefficient (Wildman–Crippen LogP) is 1.73. The summed E-state index contributed by atoms with van der Waals surface area (Å²) in [6.45, 7) is 8.00. The van der Waals surface area contributed by atoms with Gasteiger partial charge in [0.15, 0.2) is 0 Å². The zero-order chi connectivity index (χ0) is 12.0. The van der Waals surface area contributed by atoms with Crippen molar-refractivity contribution in [2.24, 2.45) is 10.9 Å². The van der Waals surface area contributed by atoms with Crippen molar-refractivity contribution >= 4 is 17.6 Å². The van der Waals surface area contributed by atoms with Crippen molar-refractivity contribution in [3.63, 3.8) is 0 Å². The average molecular weight is 245 g/mol. The van der Waals surface area contributed by atoms with Gasteiger partial charge in [0.1, 0.15) is 5.84 Å². The molecule has 1 fully saturated rings. The van der Waals surface area contributed by atoms with Crippen molar-refractivity contribution < 1.29 is 5.21 Å². The number of thioether (sulfide) groups is 1. The fourth-order valence-electron chi connectivity index (χ4n) is 1.82. The van der Waals surface area contributed by atoms with E-state index in [0.717, 1.165) is 26.1 Å². The fraction of sp³-hybridized carbons (Fsp3) is 0.909. The molecule has 3 N–H and O–H groups in total. The van der Waals surface area contributed by atoms with E-state index in [1.807, 2.05) is 0 Å². The second kappa shape index (κ2) is 6.35. The summed E-state index contributed by atoms with van der Waals surface area (Å²) in [6.07, 6.45) is 2.89. The Balaban J connectivity index is 2.23. The van der Waals surface area contributed by atoms with Crippen LogP contribution in [0.25, 0.3) is 0 Å². The van der Waals surface area contributed by atoms with Crippen LogP contribution in [0.3, 0.4) is 0 Å². The Kier molecular flexibility index (Phi) is 5.41. The highest BCUT2D eigenvalue weighted by Crippen LogP contribution is 2.30. The third-order valence-electron chi connectivity index (χ3n) is 2.97. The molecular weight excluding hydrogens is 222 g/mol. The average Bonchev–Trinajstić information content (AvgIpc) is 2.40. The minimum absolute atomic E-state index is 0.338. The van der Waals surface area contributed by atoms with Crippen LogP contribution in [-0.4, -0.2) is 46.1 Å². The number of rotatable bonds is 4. The molecule has 1 saturated heterocycles. The molecule has 0 unspecified atom stereocenters. The van der Waals surface area contributed by atoms with E-state index < -0.39 is 0 Å². The van der Waals surface area contributed by atoms with E-state index in [1.54, 1.807) is 0 Å². The van der Waals surface area contributed by atoms with Crippen molar-refractivity contribution in [2.75, 3.05) is 25.4 Å². The molecule has 0 aliphatic carbocycles. The smallest absolute Gasteiger partial charge is 0.139 e. The lowest BCUT2D eigenvalue weighted by molar-refractivity contribution is 0.281. The van der Waals surface area contributed by atoms with Crippen molar-refractivity contribution in [2.45, 2.75) is 37.9 Å². The monoisotopic (exact) mass is 245 g/mol. The predicted molar refractivity (Wildman–Crippen MR) is 70.2 cm³/mol. The molecule has 0 aromatic heterocycles. The first kappa shape index (κ1) is 13.6. The lowest BCUT2D eigenvalue weighted by atomic mass is 10.1. The first-order valence-corrected chi connectivity index (χ1v) is 6.85. The maximum Gasteiger partial charge on any atom is 0.139 e. The number of nitrogens with zero attached hydrogens (tertiary/aromatic N) is 2. The minimum atomic E-state index is 0.338. The molecule has 1 heterocycles. The lowest BCUT2D eigenvalue weighted by Gasteiger charge is -2.22. The van der Waals surface area contributed by atoms with Gasteiger partial charge in [-0.15, -0.1) is 0 Å². The second-order valence-electron chi connectivity index (χ2n) is 4.89. The molecule has 1 aliphatic rings. The summed E-state index contributed by atoms with van der Waals surface area (Å²) in [4.78, 5) is 2.48. The van der Waals surface area contributed by atoms with Crippen molar-refractivity contribution in [3.8, 4) is 0 Å². The molecule has 0 aromatic rings. The number of hydrogen-bond donors (Lipinski definition) is 2. The van der Waals surface area contributed by atoms with Crippen molar-refractivity contribution in [1.82, 2.24) is 4.90 Å². The van der Waals surface area contributed by atoms with E-state index in [0.29, 0.717) is 17.0 Å². The molecule has 0 amide bonds. The molecule has 0 spiro atoms. The Bertz CT molecular complexity index is 243. The Morgan fingerprint density at radius 3 is 2.94 bits per heavy atom. The molecule has 0 bridgehead atoms. The van der Waals surface area contributed by atoms with Crippen LogP contribution in [0.15, 0.2) is 5.16 Å². The number of amidine groups is 1. The standard InChI is InChI=1S/C11H23N3OS/c1-11(2)5-7-14(8-9-16-11)6-3-4-10(12)13-15/h15H,3-9H2,1-2H3,(H2,12,13). The third-order valence-corrected chi connectivity index (χ3v) is 4.34. The first-order chi connectivity index (χ1) is 7.53. The van der Waals surface area contributed by atoms with E-state index in [9.17, 15) is 0 Å². The number of nitrogens with two attached hydrogens (primary N) is 1. The van der Waals surface area contributed by atoms with Crippen LogP contribution < -0.4 is 5.73 Å². The number of oxime groups is 1. The summed E-state index contributed by atoms with van der Waals surface area (Å²) in [5.41, 5.74) is 5.44. The fourth-order valence-corrected chi connectivity index (χ4v) is 2.96. The van der Waals surface area contributed by atoms with Crippen LogP contribution >= 0.6 is 11.8 Å². The topological polar surface area (TPSA) is 61.8 Å². The first-order valence-electron chi connectivity index (χ1n) is 5.86. The number of hydrogen-bond acceptors (Lipinski definition) is 4. The van der Waals surface area contributed by atoms with E-state index in [2.05, 4.69) is 35.7 Å². The van der Waals surface area contributed by atoms with Gasteiger partial charge < -0.3 is 15.8 Å². The zero-order valence-corrected chi connectivity index (χ0v) is 11.1. The third kappa shape index (κ3) is 5.07. The van der Waals surface area contributed by atoms with Gasteiger partial charge in [-0.05, 0) is 25.9 Å². The molecule has 0 radical (unpaired) electrons. The van der Waals surface area contributed by atoms with E-state index in [4.69, 9.17) is 10.9 Å². The molecule has 0 atom stereocenters. The second-order valence-corrected chi connectivity index (χ2v) is 6.70.